The quantitative estimate of drug-likeness (QED) is 0.506. The molecule has 2 aromatic heterocycles. The molecule has 1 aromatic carbocycles. The van der Waals surface area contributed by atoms with Gasteiger partial charge in [-0.3, -0.25) is 15.4 Å². The van der Waals surface area contributed by atoms with Crippen LogP contribution in [0.3, 0.4) is 0 Å². The van der Waals surface area contributed by atoms with Crippen molar-refractivity contribution < 1.29 is 4.74 Å². The molecule has 3 rings (SSSR count). The van der Waals surface area contributed by atoms with Crippen LogP contribution < -0.4 is 10.2 Å². The van der Waals surface area contributed by atoms with Crippen molar-refractivity contribution in [3.63, 3.8) is 0 Å². The molecule has 0 radical (unpaired) electrons. The smallest absolute Gasteiger partial charge is 0.145 e. The van der Waals surface area contributed by atoms with E-state index in [1.54, 1.807) is 48.9 Å². The minimum atomic E-state index is 0.525. The minimum absolute atomic E-state index is 0.525. The highest BCUT2D eigenvalue weighted by molar-refractivity contribution is 6.31. The van der Waals surface area contributed by atoms with Crippen molar-refractivity contribution in [2.75, 3.05) is 5.43 Å². The van der Waals surface area contributed by atoms with E-state index in [0.717, 1.165) is 5.69 Å². The lowest BCUT2D eigenvalue weighted by molar-refractivity contribution is 0.480. The third-order valence-electron chi connectivity index (χ3n) is 3.17. The molecule has 1 N–H and O–H groups in total. The van der Waals surface area contributed by atoms with E-state index in [0.29, 0.717) is 27.9 Å². The molecule has 0 saturated carbocycles. The maximum Gasteiger partial charge on any atom is 0.145 e. The van der Waals surface area contributed by atoms with Crippen molar-refractivity contribution >= 4 is 23.0 Å². The van der Waals surface area contributed by atoms with Crippen LogP contribution in [0, 0.1) is 0 Å². The number of anilines is 1. The summed E-state index contributed by atoms with van der Waals surface area (Å²) in [5.74, 6) is 1.20. The van der Waals surface area contributed by atoms with E-state index in [1.807, 2.05) is 24.3 Å². The molecule has 0 amide bonds. The number of pyridine rings is 2. The Morgan fingerprint density at radius 3 is 2.76 bits per heavy atom. The molecule has 2 heterocycles. The van der Waals surface area contributed by atoms with E-state index in [-0.39, 0.29) is 0 Å². The summed E-state index contributed by atoms with van der Waals surface area (Å²) in [5, 5.41) is 4.86. The highest BCUT2D eigenvalue weighted by Crippen LogP contribution is 2.28. The van der Waals surface area contributed by atoms with Crippen molar-refractivity contribution in [2.24, 2.45) is 5.10 Å². The summed E-state index contributed by atoms with van der Waals surface area (Å²) < 4.78 is 5.75. The van der Waals surface area contributed by atoms with Crippen LogP contribution in [0.4, 0.5) is 5.69 Å². The maximum atomic E-state index is 6.17. The van der Waals surface area contributed by atoms with Gasteiger partial charge in [-0.25, -0.2) is 0 Å². The number of nitrogens with zero attached hydrogens (tertiary/aromatic N) is 3. The van der Waals surface area contributed by atoms with Gasteiger partial charge in [0.05, 0.1) is 17.6 Å². The van der Waals surface area contributed by atoms with Crippen LogP contribution in [0.1, 0.15) is 5.69 Å². The normalized spacial score (nSPS) is 11.0. The molecule has 5 nitrogen and oxygen atoms in total. The number of aromatic nitrogens is 2. The summed E-state index contributed by atoms with van der Waals surface area (Å²) in [6, 6.07) is 14.5. The summed E-state index contributed by atoms with van der Waals surface area (Å²) >= 11 is 6.17. The molecule has 3 aromatic rings. The second-order valence-electron chi connectivity index (χ2n) is 4.99. The van der Waals surface area contributed by atoms with E-state index < -0.39 is 0 Å². The number of allylic oxidation sites excluding steroid dienone is 1. The highest BCUT2D eigenvalue weighted by Gasteiger charge is 2.04. The van der Waals surface area contributed by atoms with Crippen LogP contribution in [0.2, 0.25) is 5.02 Å². The summed E-state index contributed by atoms with van der Waals surface area (Å²) in [6.07, 6.45) is 6.64. The zero-order chi connectivity index (χ0) is 17.5. The van der Waals surface area contributed by atoms with E-state index in [4.69, 9.17) is 16.3 Å². The van der Waals surface area contributed by atoms with Gasteiger partial charge < -0.3 is 4.74 Å². The zero-order valence-electron chi connectivity index (χ0n) is 13.3. The van der Waals surface area contributed by atoms with Crippen molar-refractivity contribution in [3.8, 4) is 11.5 Å². The molecule has 0 aliphatic heterocycles. The predicted molar refractivity (Wildman–Crippen MR) is 100 cm³/mol. The average molecular weight is 351 g/mol. The lowest BCUT2D eigenvalue weighted by atomic mass is 10.2. The number of rotatable bonds is 6. The Labute approximate surface area is 150 Å². The summed E-state index contributed by atoms with van der Waals surface area (Å²) in [7, 11) is 0. The van der Waals surface area contributed by atoms with E-state index in [1.165, 1.54) is 0 Å². The van der Waals surface area contributed by atoms with Gasteiger partial charge in [0.25, 0.3) is 0 Å². The number of benzene rings is 1. The van der Waals surface area contributed by atoms with Crippen LogP contribution >= 0.6 is 11.6 Å². The Kier molecular flexibility index (Phi) is 5.39. The largest absolute Gasteiger partial charge is 0.456 e. The molecule has 0 saturated heterocycles. The lowest BCUT2D eigenvalue weighted by Gasteiger charge is -2.09. The monoisotopic (exact) mass is 350 g/mol. The molecular formula is C19H15ClN4O. The number of hydrazone groups is 1. The van der Waals surface area contributed by atoms with Crippen LogP contribution in [0.15, 0.2) is 84.9 Å². The van der Waals surface area contributed by atoms with Crippen LogP contribution in [0.25, 0.3) is 0 Å². The van der Waals surface area contributed by atoms with E-state index in [2.05, 4.69) is 27.1 Å². The maximum absolute atomic E-state index is 6.17. The van der Waals surface area contributed by atoms with Gasteiger partial charge in [-0.2, -0.15) is 5.10 Å². The summed E-state index contributed by atoms with van der Waals surface area (Å²) in [4.78, 5) is 8.27. The van der Waals surface area contributed by atoms with Crippen LogP contribution in [-0.2, 0) is 0 Å². The molecule has 0 fully saturated rings. The molecule has 124 valence electrons. The van der Waals surface area contributed by atoms with Gasteiger partial charge in [0.15, 0.2) is 0 Å². The number of nitrogens with one attached hydrogen (secondary N) is 1. The number of ether oxygens (including phenoxy) is 1. The van der Waals surface area contributed by atoms with Gasteiger partial charge in [-0.1, -0.05) is 24.2 Å². The van der Waals surface area contributed by atoms with Gasteiger partial charge in [-0.05, 0) is 42.5 Å². The fourth-order valence-corrected chi connectivity index (χ4v) is 2.30. The van der Waals surface area contributed by atoms with Crippen molar-refractivity contribution in [1.82, 2.24) is 9.97 Å². The Morgan fingerprint density at radius 2 is 2.04 bits per heavy atom. The van der Waals surface area contributed by atoms with Gasteiger partial charge in [0, 0.05) is 23.5 Å². The Balaban J connectivity index is 1.80. The Bertz CT molecular complexity index is 882. The SMILES string of the molecule is C=C/C(=N\Nc1cc(Cl)cc(Oc2cccnc2)c1)c1ccccn1. The summed E-state index contributed by atoms with van der Waals surface area (Å²) in [5.41, 5.74) is 4.98. The zero-order valence-corrected chi connectivity index (χ0v) is 14.0. The van der Waals surface area contributed by atoms with Gasteiger partial charge >= 0.3 is 0 Å². The fourth-order valence-electron chi connectivity index (χ4n) is 2.08. The number of halogens is 1. The molecule has 0 bridgehead atoms. The second-order valence-corrected chi connectivity index (χ2v) is 5.43. The average Bonchev–Trinajstić information content (AvgIpc) is 2.63. The lowest BCUT2D eigenvalue weighted by Crippen LogP contribution is -2.03. The standard InChI is InChI=1S/C19H15ClN4O/c1-2-18(19-7-3-4-9-22-19)24-23-15-10-14(20)11-17(12-15)25-16-6-5-8-21-13-16/h2-13,23H,1H2/b24-18+. The van der Waals surface area contributed by atoms with E-state index >= 15 is 0 Å². The molecule has 0 atom stereocenters. The summed E-state index contributed by atoms with van der Waals surface area (Å²) in [6.45, 7) is 3.77. The van der Waals surface area contributed by atoms with Crippen molar-refractivity contribution in [2.45, 2.75) is 0 Å². The minimum Gasteiger partial charge on any atom is -0.456 e. The molecule has 25 heavy (non-hydrogen) atoms. The molecule has 0 unspecified atom stereocenters. The second kappa shape index (κ2) is 8.08. The third-order valence-corrected chi connectivity index (χ3v) is 3.39. The Morgan fingerprint density at radius 1 is 1.12 bits per heavy atom. The molecule has 0 aliphatic carbocycles. The van der Waals surface area contributed by atoms with Crippen molar-refractivity contribution in [3.05, 3.63) is 90.5 Å². The third kappa shape index (κ3) is 4.65. The van der Waals surface area contributed by atoms with Gasteiger partial charge in [0.2, 0.25) is 0 Å². The molecule has 0 spiro atoms. The highest BCUT2D eigenvalue weighted by atomic mass is 35.5. The van der Waals surface area contributed by atoms with Gasteiger partial charge in [-0.15, -0.1) is 0 Å². The van der Waals surface area contributed by atoms with Crippen molar-refractivity contribution in [1.29, 1.82) is 0 Å². The van der Waals surface area contributed by atoms with Crippen LogP contribution in [-0.4, -0.2) is 15.7 Å². The number of hydrogen-bond donors (Lipinski definition) is 1. The molecule has 6 heteroatoms. The predicted octanol–water partition coefficient (Wildman–Crippen LogP) is 4.92. The first-order valence-corrected chi connectivity index (χ1v) is 7.88. The first-order valence-electron chi connectivity index (χ1n) is 7.50. The Hall–Kier alpha value is -3.18. The van der Waals surface area contributed by atoms with Gasteiger partial charge in [0.1, 0.15) is 17.2 Å². The first kappa shape index (κ1) is 16.7. The van der Waals surface area contributed by atoms with Crippen LogP contribution in [0.5, 0.6) is 11.5 Å². The molecule has 0 aliphatic rings. The topological polar surface area (TPSA) is 59.4 Å². The fraction of sp³-hybridized carbons (Fsp3) is 0. The first-order chi connectivity index (χ1) is 12.2. The van der Waals surface area contributed by atoms with E-state index in [9.17, 15) is 0 Å². The number of hydrogen-bond acceptors (Lipinski definition) is 5. The molecular weight excluding hydrogens is 336 g/mol.